The Bertz CT molecular complexity index is 600. The Labute approximate surface area is 130 Å². The first-order valence-electron chi connectivity index (χ1n) is 7.33. The minimum absolute atomic E-state index is 0.185. The van der Waals surface area contributed by atoms with Gasteiger partial charge >= 0.3 is 5.76 Å². The molecule has 0 saturated carbocycles. The van der Waals surface area contributed by atoms with Crippen LogP contribution in [0.25, 0.3) is 0 Å². The molecule has 4 nitrogen and oxygen atoms in total. The Kier molecular flexibility index (Phi) is 5.07. The number of rotatable bonds is 5. The number of alkyl halides is 2. The molecular weight excluding hydrogens is 310 g/mol. The average molecular weight is 332 g/mol. The molecule has 22 heavy (non-hydrogen) atoms. The molecular formula is C15H22F2N2O2S. The van der Waals surface area contributed by atoms with Crippen molar-refractivity contribution >= 4 is 15.5 Å². The summed E-state index contributed by atoms with van der Waals surface area (Å²) in [4.78, 5) is -0.357. The normalized spacial score (nSPS) is 21.8. The minimum Gasteiger partial charge on any atom is -0.383 e. The maximum atomic E-state index is 12.5. The van der Waals surface area contributed by atoms with E-state index in [9.17, 15) is 17.2 Å². The van der Waals surface area contributed by atoms with Gasteiger partial charge in [0.05, 0.1) is 4.90 Å². The first-order chi connectivity index (χ1) is 10.2. The Morgan fingerprint density at radius 2 is 1.95 bits per heavy atom. The van der Waals surface area contributed by atoms with Gasteiger partial charge in [0.2, 0.25) is 9.84 Å². The molecule has 0 bridgehead atoms. The van der Waals surface area contributed by atoms with E-state index in [0.29, 0.717) is 12.6 Å². The summed E-state index contributed by atoms with van der Waals surface area (Å²) in [5, 5.41) is 6.71. The molecule has 2 N–H and O–H groups in total. The molecule has 1 aliphatic rings. The van der Waals surface area contributed by atoms with Gasteiger partial charge in [0.15, 0.2) is 0 Å². The van der Waals surface area contributed by atoms with Crippen molar-refractivity contribution in [2.45, 2.75) is 43.4 Å². The Balaban J connectivity index is 2.00. The smallest absolute Gasteiger partial charge is 0.341 e. The largest absolute Gasteiger partial charge is 0.383 e. The summed E-state index contributed by atoms with van der Waals surface area (Å²) in [7, 11) is -4.52. The average Bonchev–Trinajstić information content (AvgIpc) is 2.46. The molecule has 1 saturated heterocycles. The molecule has 0 amide bonds. The van der Waals surface area contributed by atoms with E-state index in [2.05, 4.69) is 24.5 Å². The fraction of sp³-hybridized carbons (Fsp3) is 0.600. The maximum absolute atomic E-state index is 12.5. The summed E-state index contributed by atoms with van der Waals surface area (Å²) < 4.78 is 47.6. The lowest BCUT2D eigenvalue weighted by Crippen LogP contribution is -2.50. The zero-order valence-electron chi connectivity index (χ0n) is 12.8. The van der Waals surface area contributed by atoms with E-state index in [1.807, 2.05) is 0 Å². The van der Waals surface area contributed by atoms with Gasteiger partial charge in [-0.3, -0.25) is 0 Å². The molecule has 7 heteroatoms. The molecule has 1 aromatic rings. The monoisotopic (exact) mass is 332 g/mol. The van der Waals surface area contributed by atoms with E-state index in [1.54, 1.807) is 0 Å². The highest BCUT2D eigenvalue weighted by molar-refractivity contribution is 7.91. The zero-order valence-corrected chi connectivity index (χ0v) is 13.6. The van der Waals surface area contributed by atoms with Crippen LogP contribution >= 0.6 is 0 Å². The lowest BCUT2D eigenvalue weighted by Gasteiger charge is -2.39. The third-order valence-electron chi connectivity index (χ3n) is 4.26. The standard InChI is InChI=1S/C15H22F2N2O2S/c1-15(2)8-3-9-18-13(15)10-19-11-4-6-12(7-5-11)22(20,21)14(16)17/h4-7,13-14,18-19H,3,8-10H2,1-2H3. The van der Waals surface area contributed by atoms with E-state index in [0.717, 1.165) is 25.1 Å². The van der Waals surface area contributed by atoms with Crippen LogP contribution < -0.4 is 10.6 Å². The van der Waals surface area contributed by atoms with E-state index in [-0.39, 0.29) is 10.3 Å². The van der Waals surface area contributed by atoms with Crippen molar-refractivity contribution in [3.05, 3.63) is 24.3 Å². The van der Waals surface area contributed by atoms with Crippen molar-refractivity contribution < 1.29 is 17.2 Å². The van der Waals surface area contributed by atoms with E-state index in [4.69, 9.17) is 0 Å². The van der Waals surface area contributed by atoms with Crippen LogP contribution in [0.4, 0.5) is 14.5 Å². The number of nitrogens with one attached hydrogen (secondary N) is 2. The Morgan fingerprint density at radius 3 is 2.50 bits per heavy atom. The second-order valence-corrected chi connectivity index (χ2v) is 8.23. The molecule has 1 unspecified atom stereocenters. The summed E-state index contributed by atoms with van der Waals surface area (Å²) >= 11 is 0. The number of anilines is 1. The summed E-state index contributed by atoms with van der Waals surface area (Å²) in [6, 6.07) is 5.77. The molecule has 2 rings (SSSR count). The van der Waals surface area contributed by atoms with Crippen LogP contribution in [0.3, 0.4) is 0 Å². The predicted octanol–water partition coefficient (Wildman–Crippen LogP) is 2.87. The van der Waals surface area contributed by atoms with E-state index >= 15 is 0 Å². The Morgan fingerprint density at radius 1 is 1.32 bits per heavy atom. The number of halogens is 2. The van der Waals surface area contributed by atoms with Gasteiger partial charge in [-0.25, -0.2) is 8.42 Å². The number of hydrogen-bond donors (Lipinski definition) is 2. The summed E-state index contributed by atoms with van der Waals surface area (Å²) in [5.41, 5.74) is 0.904. The quantitative estimate of drug-likeness (QED) is 0.870. The van der Waals surface area contributed by atoms with Gasteiger partial charge in [0, 0.05) is 18.3 Å². The number of hydrogen-bond acceptors (Lipinski definition) is 4. The Hall–Kier alpha value is -1.21. The number of sulfone groups is 1. The van der Waals surface area contributed by atoms with Crippen molar-refractivity contribution in [3.8, 4) is 0 Å². The van der Waals surface area contributed by atoms with Crippen LogP contribution in [0, 0.1) is 5.41 Å². The first kappa shape index (κ1) is 17.1. The second kappa shape index (κ2) is 6.50. The zero-order chi connectivity index (χ0) is 16.4. The van der Waals surface area contributed by atoms with Gasteiger partial charge in [-0.05, 0) is 49.1 Å². The lowest BCUT2D eigenvalue weighted by atomic mass is 9.77. The molecule has 0 aliphatic carbocycles. The van der Waals surface area contributed by atoms with Crippen molar-refractivity contribution in [2.75, 3.05) is 18.4 Å². The van der Waals surface area contributed by atoms with Gasteiger partial charge in [-0.15, -0.1) is 0 Å². The highest BCUT2D eigenvalue weighted by Crippen LogP contribution is 2.30. The number of piperidine rings is 1. The molecule has 1 fully saturated rings. The van der Waals surface area contributed by atoms with Crippen LogP contribution in [-0.4, -0.2) is 33.3 Å². The van der Waals surface area contributed by atoms with Gasteiger partial charge < -0.3 is 10.6 Å². The third-order valence-corrected chi connectivity index (χ3v) is 5.66. The molecule has 1 aromatic carbocycles. The van der Waals surface area contributed by atoms with Crippen LogP contribution in [0.1, 0.15) is 26.7 Å². The highest BCUT2D eigenvalue weighted by atomic mass is 32.2. The van der Waals surface area contributed by atoms with Crippen LogP contribution in [0.15, 0.2) is 29.2 Å². The molecule has 0 radical (unpaired) electrons. The number of benzene rings is 1. The van der Waals surface area contributed by atoms with Crippen LogP contribution in [0.2, 0.25) is 0 Å². The molecule has 0 aromatic heterocycles. The maximum Gasteiger partial charge on any atom is 0.341 e. The summed E-state index contributed by atoms with van der Waals surface area (Å²) in [5.74, 6) is -3.39. The highest BCUT2D eigenvalue weighted by Gasteiger charge is 2.31. The SMILES string of the molecule is CC1(C)CCCNC1CNc1ccc(S(=O)(=O)C(F)F)cc1. The fourth-order valence-electron chi connectivity index (χ4n) is 2.70. The summed E-state index contributed by atoms with van der Waals surface area (Å²) in [6.07, 6.45) is 2.31. The third kappa shape index (κ3) is 3.76. The fourth-order valence-corrected chi connectivity index (χ4v) is 3.43. The van der Waals surface area contributed by atoms with Gasteiger partial charge in [0.25, 0.3) is 0 Å². The van der Waals surface area contributed by atoms with Crippen molar-refractivity contribution in [2.24, 2.45) is 5.41 Å². The van der Waals surface area contributed by atoms with Gasteiger partial charge in [0.1, 0.15) is 0 Å². The summed E-state index contributed by atoms with van der Waals surface area (Å²) in [6.45, 7) is 6.11. The van der Waals surface area contributed by atoms with Crippen molar-refractivity contribution in [1.82, 2.24) is 5.32 Å². The lowest BCUT2D eigenvalue weighted by molar-refractivity contribution is 0.188. The van der Waals surface area contributed by atoms with Gasteiger partial charge in [-0.1, -0.05) is 13.8 Å². The second-order valence-electron chi connectivity index (χ2n) is 6.31. The molecule has 124 valence electrons. The van der Waals surface area contributed by atoms with Crippen LogP contribution in [-0.2, 0) is 9.84 Å². The minimum atomic E-state index is -4.52. The first-order valence-corrected chi connectivity index (χ1v) is 8.87. The molecule has 0 spiro atoms. The van der Waals surface area contributed by atoms with Crippen molar-refractivity contribution in [1.29, 1.82) is 0 Å². The van der Waals surface area contributed by atoms with E-state index in [1.165, 1.54) is 24.3 Å². The van der Waals surface area contributed by atoms with Gasteiger partial charge in [-0.2, -0.15) is 8.78 Å². The molecule has 1 aliphatic heterocycles. The van der Waals surface area contributed by atoms with Crippen LogP contribution in [0.5, 0.6) is 0 Å². The molecule has 1 heterocycles. The van der Waals surface area contributed by atoms with Crippen molar-refractivity contribution in [3.63, 3.8) is 0 Å². The topological polar surface area (TPSA) is 58.2 Å². The van der Waals surface area contributed by atoms with E-state index < -0.39 is 15.6 Å². The predicted molar refractivity (Wildman–Crippen MR) is 82.9 cm³/mol. The molecule has 1 atom stereocenters.